The Labute approximate surface area is 116 Å². The highest BCUT2D eigenvalue weighted by Gasteiger charge is 2.06. The van der Waals surface area contributed by atoms with Crippen LogP contribution in [0.2, 0.25) is 0 Å². The zero-order valence-electron chi connectivity index (χ0n) is 11.1. The molecule has 0 unspecified atom stereocenters. The lowest BCUT2D eigenvalue weighted by Crippen LogP contribution is -1.96. The number of hydrogen-bond acceptors (Lipinski definition) is 1. The summed E-state index contributed by atoms with van der Waals surface area (Å²) in [5, 5.41) is 0. The number of ketones is 1. The first kappa shape index (κ1) is 14.1. The van der Waals surface area contributed by atoms with E-state index in [1.807, 2.05) is 24.3 Å². The number of allylic oxidation sites excluding steroid dienone is 1. The molecule has 0 radical (unpaired) electrons. The Hall–Kier alpha value is -2.29. The molecule has 0 bridgehead atoms. The van der Waals surface area contributed by atoms with E-state index in [0.717, 1.165) is 24.1 Å². The summed E-state index contributed by atoms with van der Waals surface area (Å²) in [4.78, 5) is 11.8. The van der Waals surface area contributed by atoms with Crippen molar-refractivity contribution in [3.8, 4) is 0 Å². The molecule has 2 aromatic carbocycles. The first-order valence-electron chi connectivity index (χ1n) is 6.36. The van der Waals surface area contributed by atoms with Gasteiger partial charge in [0, 0.05) is 5.56 Å². The minimum absolute atomic E-state index is 0.130. The highest BCUT2D eigenvalue weighted by Crippen LogP contribution is 2.11. The van der Waals surface area contributed by atoms with Crippen molar-refractivity contribution in [3.63, 3.8) is 0 Å². The van der Waals surface area contributed by atoms with Crippen molar-refractivity contribution >= 4 is 11.9 Å². The predicted molar refractivity (Wildman–Crippen MR) is 75.5 cm³/mol. The number of rotatable bonds is 4. The molecule has 0 aliphatic carbocycles. The van der Waals surface area contributed by atoms with Gasteiger partial charge in [-0.3, -0.25) is 4.79 Å². The van der Waals surface area contributed by atoms with Crippen LogP contribution < -0.4 is 0 Å². The lowest BCUT2D eigenvalue weighted by atomic mass is 10.1. The van der Waals surface area contributed by atoms with Gasteiger partial charge in [-0.15, -0.1) is 0 Å². The largest absolute Gasteiger partial charge is 0.289 e. The molecule has 0 fully saturated rings. The molecule has 0 saturated carbocycles. The van der Waals surface area contributed by atoms with Gasteiger partial charge in [0.25, 0.3) is 0 Å². The maximum atomic E-state index is 13.0. The Morgan fingerprint density at radius 2 is 1.75 bits per heavy atom. The summed E-state index contributed by atoms with van der Waals surface area (Å²) in [6.45, 7) is 2.07. The van der Waals surface area contributed by atoms with E-state index in [9.17, 15) is 13.6 Å². The Kier molecular flexibility index (Phi) is 4.41. The summed E-state index contributed by atoms with van der Waals surface area (Å²) >= 11 is 0. The first-order valence-corrected chi connectivity index (χ1v) is 6.36. The van der Waals surface area contributed by atoms with Crippen LogP contribution in [0.1, 0.15) is 28.4 Å². The summed E-state index contributed by atoms with van der Waals surface area (Å²) in [5.41, 5.74) is 2.23. The van der Waals surface area contributed by atoms with Gasteiger partial charge >= 0.3 is 0 Å². The van der Waals surface area contributed by atoms with Gasteiger partial charge in [0.05, 0.1) is 0 Å². The predicted octanol–water partition coefficient (Wildman–Crippen LogP) is 4.42. The molecule has 0 heterocycles. The van der Waals surface area contributed by atoms with Crippen molar-refractivity contribution in [2.75, 3.05) is 0 Å². The van der Waals surface area contributed by atoms with Gasteiger partial charge in [-0.2, -0.15) is 0 Å². The number of carbonyl (C=O) groups is 1. The molecule has 2 rings (SSSR count). The summed E-state index contributed by atoms with van der Waals surface area (Å²) in [5.74, 6) is -2.33. The van der Waals surface area contributed by atoms with Gasteiger partial charge in [-0.25, -0.2) is 8.78 Å². The van der Waals surface area contributed by atoms with Gasteiger partial charge < -0.3 is 0 Å². The van der Waals surface area contributed by atoms with E-state index in [-0.39, 0.29) is 11.3 Å². The molecular formula is C17H14F2O. The quantitative estimate of drug-likeness (QED) is 0.594. The van der Waals surface area contributed by atoms with Crippen LogP contribution in [0, 0.1) is 11.6 Å². The Bertz CT molecular complexity index is 643. The molecule has 3 heteroatoms. The van der Waals surface area contributed by atoms with Gasteiger partial charge in [0.2, 0.25) is 0 Å². The van der Waals surface area contributed by atoms with Gasteiger partial charge in [-0.05, 0) is 41.8 Å². The number of halogens is 2. The highest BCUT2D eigenvalue weighted by molar-refractivity contribution is 6.06. The second kappa shape index (κ2) is 6.24. The lowest BCUT2D eigenvalue weighted by Gasteiger charge is -1.99. The summed E-state index contributed by atoms with van der Waals surface area (Å²) in [6.07, 6.45) is 3.97. The van der Waals surface area contributed by atoms with E-state index < -0.39 is 11.6 Å². The van der Waals surface area contributed by atoms with Crippen LogP contribution in [0.4, 0.5) is 8.78 Å². The van der Waals surface area contributed by atoms with Gasteiger partial charge in [-0.1, -0.05) is 37.3 Å². The molecule has 2 aromatic rings. The summed E-state index contributed by atoms with van der Waals surface area (Å²) in [6, 6.07) is 10.9. The van der Waals surface area contributed by atoms with Gasteiger partial charge in [0.1, 0.15) is 0 Å². The number of hydrogen-bond donors (Lipinski definition) is 0. The summed E-state index contributed by atoms with van der Waals surface area (Å²) < 4.78 is 25.8. The number of benzene rings is 2. The molecule has 0 aliphatic rings. The molecule has 0 N–H and O–H groups in total. The van der Waals surface area contributed by atoms with E-state index >= 15 is 0 Å². The van der Waals surface area contributed by atoms with E-state index in [0.29, 0.717) is 0 Å². The fraction of sp³-hybridized carbons (Fsp3) is 0.118. The van der Waals surface area contributed by atoms with Crippen LogP contribution in [-0.2, 0) is 6.42 Å². The second-order valence-electron chi connectivity index (χ2n) is 4.42. The maximum Gasteiger partial charge on any atom is 0.185 e. The molecular weight excluding hydrogens is 258 g/mol. The van der Waals surface area contributed by atoms with Crippen LogP contribution in [0.3, 0.4) is 0 Å². The van der Waals surface area contributed by atoms with Crippen LogP contribution in [0.5, 0.6) is 0 Å². The zero-order valence-corrected chi connectivity index (χ0v) is 11.1. The van der Waals surface area contributed by atoms with Crippen molar-refractivity contribution in [2.45, 2.75) is 13.3 Å². The lowest BCUT2D eigenvalue weighted by molar-refractivity contribution is 0.104. The highest BCUT2D eigenvalue weighted by atomic mass is 19.2. The Balaban J connectivity index is 2.13. The molecule has 20 heavy (non-hydrogen) atoms. The minimum atomic E-state index is -1.02. The van der Waals surface area contributed by atoms with Crippen LogP contribution >= 0.6 is 0 Å². The van der Waals surface area contributed by atoms with Crippen LogP contribution in [0.15, 0.2) is 48.5 Å². The molecule has 1 nitrogen and oxygen atoms in total. The Morgan fingerprint density at radius 1 is 1.05 bits per heavy atom. The molecule has 102 valence electrons. The third-order valence-corrected chi connectivity index (χ3v) is 3.02. The first-order chi connectivity index (χ1) is 9.60. The smallest absolute Gasteiger partial charge is 0.185 e. The average molecular weight is 272 g/mol. The third kappa shape index (κ3) is 3.38. The van der Waals surface area contributed by atoms with E-state index in [2.05, 4.69) is 6.92 Å². The van der Waals surface area contributed by atoms with Crippen molar-refractivity contribution < 1.29 is 13.6 Å². The minimum Gasteiger partial charge on any atom is -0.289 e. The SMILES string of the molecule is CCc1ccc(/C=C/C(=O)c2ccc(F)c(F)c2)cc1. The molecule has 0 aromatic heterocycles. The fourth-order valence-electron chi connectivity index (χ4n) is 1.78. The normalized spacial score (nSPS) is 10.9. The molecule has 0 aliphatic heterocycles. The van der Waals surface area contributed by atoms with Crippen molar-refractivity contribution in [1.82, 2.24) is 0 Å². The third-order valence-electron chi connectivity index (χ3n) is 3.02. The average Bonchev–Trinajstić information content (AvgIpc) is 2.48. The number of carbonyl (C=O) groups excluding carboxylic acids is 1. The van der Waals surface area contributed by atoms with Crippen molar-refractivity contribution in [2.24, 2.45) is 0 Å². The van der Waals surface area contributed by atoms with Gasteiger partial charge in [0.15, 0.2) is 17.4 Å². The fourth-order valence-corrected chi connectivity index (χ4v) is 1.78. The molecule has 0 spiro atoms. The van der Waals surface area contributed by atoms with Crippen molar-refractivity contribution in [1.29, 1.82) is 0 Å². The molecule has 0 amide bonds. The van der Waals surface area contributed by atoms with E-state index in [1.165, 1.54) is 17.7 Å². The molecule has 0 saturated heterocycles. The number of aryl methyl sites for hydroxylation is 1. The summed E-state index contributed by atoms with van der Waals surface area (Å²) in [7, 11) is 0. The van der Waals surface area contributed by atoms with Crippen LogP contribution in [0.25, 0.3) is 6.08 Å². The van der Waals surface area contributed by atoms with E-state index in [4.69, 9.17) is 0 Å². The standard InChI is InChI=1S/C17H14F2O/c1-2-12-3-5-13(6-4-12)7-10-17(20)14-8-9-15(18)16(19)11-14/h3-11H,2H2,1H3/b10-7+. The van der Waals surface area contributed by atoms with E-state index in [1.54, 1.807) is 6.08 Å². The van der Waals surface area contributed by atoms with Crippen molar-refractivity contribution in [3.05, 3.63) is 76.9 Å². The maximum absolute atomic E-state index is 13.0. The second-order valence-corrected chi connectivity index (χ2v) is 4.42. The monoisotopic (exact) mass is 272 g/mol. The molecule has 0 atom stereocenters. The van der Waals surface area contributed by atoms with Crippen LogP contribution in [-0.4, -0.2) is 5.78 Å². The topological polar surface area (TPSA) is 17.1 Å². The zero-order chi connectivity index (χ0) is 14.5. The Morgan fingerprint density at radius 3 is 2.35 bits per heavy atom.